The highest BCUT2D eigenvalue weighted by Crippen LogP contribution is 2.44. The first kappa shape index (κ1) is 24.4. The van der Waals surface area contributed by atoms with Crippen molar-refractivity contribution in [1.82, 2.24) is 9.47 Å². The number of benzene rings is 2. The lowest BCUT2D eigenvalue weighted by atomic mass is 9.95. The fourth-order valence-corrected chi connectivity index (χ4v) is 7.02. The fourth-order valence-electron chi connectivity index (χ4n) is 5.61. The number of hydrogen-bond acceptors (Lipinski definition) is 5. The molecule has 2 aromatic carbocycles. The summed E-state index contributed by atoms with van der Waals surface area (Å²) >= 11 is 1.88. The molecular formula is C30H31N3O4S. The van der Waals surface area contributed by atoms with E-state index in [1.54, 1.807) is 27.4 Å². The van der Waals surface area contributed by atoms with E-state index in [-0.39, 0.29) is 12.1 Å². The van der Waals surface area contributed by atoms with Gasteiger partial charge in [-0.15, -0.1) is 11.3 Å². The molecule has 0 bridgehead atoms. The van der Waals surface area contributed by atoms with Gasteiger partial charge in [-0.05, 0) is 73.2 Å². The van der Waals surface area contributed by atoms with E-state index in [0.717, 1.165) is 29.8 Å². The van der Waals surface area contributed by atoms with E-state index in [1.807, 2.05) is 52.6 Å². The number of anilines is 1. The topological polar surface area (TPSA) is 65.0 Å². The molecule has 0 saturated carbocycles. The smallest absolute Gasteiger partial charge is 0.323 e. The zero-order valence-corrected chi connectivity index (χ0v) is 22.6. The molecule has 4 aromatic rings. The number of methoxy groups -OCH3 is 3. The maximum absolute atomic E-state index is 14.2. The van der Waals surface area contributed by atoms with Gasteiger partial charge in [0.1, 0.15) is 22.2 Å². The van der Waals surface area contributed by atoms with E-state index in [4.69, 9.17) is 14.2 Å². The normalized spacial score (nSPS) is 16.1. The van der Waals surface area contributed by atoms with Crippen LogP contribution in [-0.4, -0.2) is 36.8 Å². The van der Waals surface area contributed by atoms with Crippen LogP contribution < -0.4 is 19.5 Å². The van der Waals surface area contributed by atoms with Gasteiger partial charge in [-0.25, -0.2) is 4.79 Å². The first-order chi connectivity index (χ1) is 18.6. The number of nitrogens with one attached hydrogen (secondary N) is 1. The third-order valence-corrected chi connectivity index (χ3v) is 8.85. The molecule has 0 fully saturated rings. The van der Waals surface area contributed by atoms with E-state index in [2.05, 4.69) is 28.2 Å². The van der Waals surface area contributed by atoms with Crippen molar-refractivity contribution < 1.29 is 19.0 Å². The molecule has 0 spiro atoms. The molecule has 7 nitrogen and oxygen atoms in total. The lowest BCUT2D eigenvalue weighted by Crippen LogP contribution is -2.38. The lowest BCUT2D eigenvalue weighted by Gasteiger charge is -2.31. The average molecular weight is 530 g/mol. The molecule has 2 aromatic heterocycles. The van der Waals surface area contributed by atoms with Crippen molar-refractivity contribution in [1.29, 1.82) is 0 Å². The minimum atomic E-state index is -0.293. The van der Waals surface area contributed by atoms with Gasteiger partial charge in [-0.1, -0.05) is 12.1 Å². The van der Waals surface area contributed by atoms with Crippen LogP contribution in [0.25, 0.3) is 5.00 Å². The summed E-state index contributed by atoms with van der Waals surface area (Å²) in [7, 11) is 4.86. The van der Waals surface area contributed by atoms with Crippen LogP contribution >= 0.6 is 11.3 Å². The van der Waals surface area contributed by atoms with Crippen molar-refractivity contribution in [2.75, 3.05) is 26.6 Å². The molecule has 196 valence electrons. The largest absolute Gasteiger partial charge is 0.497 e. The zero-order chi connectivity index (χ0) is 26.2. The molecule has 3 heterocycles. The standard InChI is InChI=1S/C30H31N3O4S/c1-35-20-12-10-19(11-13-20)28-25-8-6-16-32(25)29-23(22-7-4-5-9-27(22)38-29)18-33(28)30(34)31-24-15-14-21(36-2)17-26(24)37-3/h6,8,10-17,28H,4-5,7,9,18H2,1-3H3,(H,31,34)/t28-/m1/s1. The van der Waals surface area contributed by atoms with Crippen LogP contribution in [0.1, 0.15) is 46.1 Å². The third kappa shape index (κ3) is 4.19. The van der Waals surface area contributed by atoms with E-state index in [1.165, 1.54) is 33.8 Å². The number of amides is 2. The Balaban J connectivity index is 1.47. The Hall–Kier alpha value is -3.91. The number of aromatic nitrogens is 1. The number of ether oxygens (including phenoxy) is 3. The number of nitrogens with zero attached hydrogens (tertiary/aromatic N) is 2. The average Bonchev–Trinajstić information content (AvgIpc) is 3.55. The SMILES string of the molecule is COc1ccc([C@@H]2c3cccn3-c3sc4c(c3CN2C(=O)Nc2ccc(OC)cc2OC)CCCC4)cc1. The number of carbonyl (C=O) groups excluding carboxylic acids is 1. The number of fused-ring (bicyclic) bond motifs is 5. The van der Waals surface area contributed by atoms with Crippen LogP contribution in [-0.2, 0) is 19.4 Å². The summed E-state index contributed by atoms with van der Waals surface area (Å²) in [6, 6.07) is 17.1. The summed E-state index contributed by atoms with van der Waals surface area (Å²) in [5, 5.41) is 4.36. The molecule has 2 aliphatic rings. The van der Waals surface area contributed by atoms with Crippen LogP contribution in [0, 0.1) is 0 Å². The summed E-state index contributed by atoms with van der Waals surface area (Å²) in [6.45, 7) is 0.518. The van der Waals surface area contributed by atoms with Gasteiger partial charge in [0.05, 0.1) is 45.3 Å². The van der Waals surface area contributed by atoms with Crippen LogP contribution in [0.5, 0.6) is 17.2 Å². The Morgan fingerprint density at radius 3 is 2.45 bits per heavy atom. The zero-order valence-electron chi connectivity index (χ0n) is 21.8. The van der Waals surface area contributed by atoms with E-state index >= 15 is 0 Å². The maximum atomic E-state index is 14.2. The predicted molar refractivity (Wildman–Crippen MR) is 149 cm³/mol. The minimum absolute atomic E-state index is 0.189. The molecular weight excluding hydrogens is 498 g/mol. The van der Waals surface area contributed by atoms with Crippen molar-refractivity contribution in [3.63, 3.8) is 0 Å². The number of carbonyl (C=O) groups is 1. The second-order valence-corrected chi connectivity index (χ2v) is 10.7. The highest BCUT2D eigenvalue weighted by molar-refractivity contribution is 7.15. The Morgan fingerprint density at radius 1 is 0.921 bits per heavy atom. The van der Waals surface area contributed by atoms with E-state index in [0.29, 0.717) is 23.7 Å². The molecule has 1 N–H and O–H groups in total. The molecule has 1 atom stereocenters. The number of urea groups is 1. The molecule has 8 heteroatoms. The highest BCUT2D eigenvalue weighted by Gasteiger charge is 2.36. The molecule has 1 aliphatic heterocycles. The number of hydrogen-bond donors (Lipinski definition) is 1. The Morgan fingerprint density at radius 2 is 1.68 bits per heavy atom. The number of rotatable bonds is 5. The van der Waals surface area contributed by atoms with Crippen LogP contribution in [0.3, 0.4) is 0 Å². The van der Waals surface area contributed by atoms with Crippen LogP contribution in [0.4, 0.5) is 10.5 Å². The van der Waals surface area contributed by atoms with Crippen molar-refractivity contribution in [3.05, 3.63) is 88.1 Å². The van der Waals surface area contributed by atoms with Crippen molar-refractivity contribution in [2.24, 2.45) is 0 Å². The van der Waals surface area contributed by atoms with Gasteiger partial charge < -0.3 is 29.0 Å². The van der Waals surface area contributed by atoms with Gasteiger partial charge in [0.15, 0.2) is 0 Å². The highest BCUT2D eigenvalue weighted by atomic mass is 32.1. The van der Waals surface area contributed by atoms with Crippen molar-refractivity contribution in [2.45, 2.75) is 38.3 Å². The molecule has 6 rings (SSSR count). The van der Waals surface area contributed by atoms with E-state index in [9.17, 15) is 4.79 Å². The molecule has 0 unspecified atom stereocenters. The summed E-state index contributed by atoms with van der Waals surface area (Å²) < 4.78 is 18.6. The summed E-state index contributed by atoms with van der Waals surface area (Å²) in [4.78, 5) is 17.6. The number of thiophene rings is 1. The van der Waals surface area contributed by atoms with Gasteiger partial charge >= 0.3 is 6.03 Å². The molecule has 0 radical (unpaired) electrons. The Labute approximate surface area is 226 Å². The van der Waals surface area contributed by atoms with Gasteiger partial charge in [-0.3, -0.25) is 0 Å². The van der Waals surface area contributed by atoms with Gasteiger partial charge in [0.25, 0.3) is 0 Å². The predicted octanol–water partition coefficient (Wildman–Crippen LogP) is 6.58. The summed E-state index contributed by atoms with van der Waals surface area (Å²) in [6.07, 6.45) is 6.71. The van der Waals surface area contributed by atoms with Crippen LogP contribution in [0.2, 0.25) is 0 Å². The summed E-state index contributed by atoms with van der Waals surface area (Å²) in [5.41, 5.74) is 5.36. The fraction of sp³-hybridized carbons (Fsp3) is 0.300. The van der Waals surface area contributed by atoms with E-state index < -0.39 is 0 Å². The molecule has 0 saturated heterocycles. The Bertz CT molecular complexity index is 1470. The number of aryl methyl sites for hydroxylation is 1. The van der Waals surface area contributed by atoms with Crippen molar-refractivity contribution in [3.8, 4) is 22.2 Å². The van der Waals surface area contributed by atoms with Gasteiger partial charge in [-0.2, -0.15) is 0 Å². The summed E-state index contributed by atoms with van der Waals surface area (Å²) in [5.74, 6) is 1.99. The first-order valence-electron chi connectivity index (χ1n) is 12.9. The van der Waals surface area contributed by atoms with Gasteiger partial charge in [0.2, 0.25) is 0 Å². The minimum Gasteiger partial charge on any atom is -0.497 e. The molecule has 2 amide bonds. The second-order valence-electron chi connectivity index (χ2n) is 9.60. The lowest BCUT2D eigenvalue weighted by molar-refractivity contribution is 0.194. The second kappa shape index (κ2) is 10.1. The van der Waals surface area contributed by atoms with Gasteiger partial charge in [0, 0.05) is 22.7 Å². The Kier molecular flexibility index (Phi) is 6.49. The third-order valence-electron chi connectivity index (χ3n) is 7.52. The molecule has 1 aliphatic carbocycles. The first-order valence-corrected chi connectivity index (χ1v) is 13.7. The van der Waals surface area contributed by atoms with Crippen LogP contribution in [0.15, 0.2) is 60.8 Å². The molecule has 38 heavy (non-hydrogen) atoms. The monoisotopic (exact) mass is 529 g/mol. The quantitative estimate of drug-likeness (QED) is 0.317. The maximum Gasteiger partial charge on any atom is 0.323 e. The van der Waals surface area contributed by atoms with Crippen molar-refractivity contribution >= 4 is 23.1 Å².